The standard InChI is InChI=1S/C18H37O5PSi/c1-15(2)11-10-12-17(23-25(8,9)18(3,4)5)13-16(19)14-24(20,21-6)22-7/h10,12,15,17H,11,13-14H2,1-9H3/b12-10+/t17-/m0/s1. The Labute approximate surface area is 155 Å². The molecule has 0 amide bonds. The lowest BCUT2D eigenvalue weighted by atomic mass is 10.1. The number of hydrogen-bond acceptors (Lipinski definition) is 5. The summed E-state index contributed by atoms with van der Waals surface area (Å²) < 4.78 is 28.3. The predicted molar refractivity (Wildman–Crippen MR) is 107 cm³/mol. The summed E-state index contributed by atoms with van der Waals surface area (Å²) >= 11 is 0. The first-order chi connectivity index (χ1) is 11.3. The molecule has 0 aliphatic rings. The quantitative estimate of drug-likeness (QED) is 0.267. The van der Waals surface area contributed by atoms with Gasteiger partial charge in [-0.3, -0.25) is 9.36 Å². The molecule has 0 aliphatic carbocycles. The predicted octanol–water partition coefficient (Wildman–Crippen LogP) is 5.42. The highest BCUT2D eigenvalue weighted by molar-refractivity contribution is 7.54. The van der Waals surface area contributed by atoms with Crippen LogP contribution in [-0.2, 0) is 22.8 Å². The Morgan fingerprint density at radius 2 is 1.68 bits per heavy atom. The Balaban J connectivity index is 5.17. The second-order valence-corrected chi connectivity index (χ2v) is 15.4. The molecule has 0 saturated heterocycles. The van der Waals surface area contributed by atoms with Gasteiger partial charge in [0.1, 0.15) is 11.9 Å². The average molecular weight is 393 g/mol. The van der Waals surface area contributed by atoms with E-state index >= 15 is 0 Å². The number of carbonyl (C=O) groups is 1. The molecule has 0 spiro atoms. The minimum Gasteiger partial charge on any atom is -0.410 e. The van der Waals surface area contributed by atoms with Crippen LogP contribution in [-0.4, -0.2) is 40.6 Å². The van der Waals surface area contributed by atoms with Gasteiger partial charge < -0.3 is 13.5 Å². The van der Waals surface area contributed by atoms with E-state index in [2.05, 4.69) is 53.8 Å². The molecular formula is C18H37O5PSi. The lowest BCUT2D eigenvalue weighted by Crippen LogP contribution is -2.44. The molecule has 0 heterocycles. The van der Waals surface area contributed by atoms with Crippen molar-refractivity contribution >= 4 is 21.7 Å². The van der Waals surface area contributed by atoms with Crippen molar-refractivity contribution in [1.82, 2.24) is 0 Å². The number of hydrogen-bond donors (Lipinski definition) is 0. The SMILES string of the molecule is COP(=O)(CC(=O)C[C@H](/C=C/CC(C)C)O[Si](C)(C)C(C)(C)C)OC. The Morgan fingerprint density at radius 3 is 2.08 bits per heavy atom. The fourth-order valence-electron chi connectivity index (χ4n) is 1.92. The number of carbonyl (C=O) groups excluding carboxylic acids is 1. The van der Waals surface area contributed by atoms with E-state index in [1.54, 1.807) is 0 Å². The molecule has 0 radical (unpaired) electrons. The summed E-state index contributed by atoms with van der Waals surface area (Å²) in [6.45, 7) is 15.1. The van der Waals surface area contributed by atoms with Crippen molar-refractivity contribution in [3.63, 3.8) is 0 Å². The highest BCUT2D eigenvalue weighted by Crippen LogP contribution is 2.46. The first-order valence-electron chi connectivity index (χ1n) is 8.83. The molecule has 7 heteroatoms. The molecule has 0 aliphatic heterocycles. The number of ketones is 1. The minimum atomic E-state index is -3.34. The third-order valence-corrected chi connectivity index (χ3v) is 10.9. The zero-order chi connectivity index (χ0) is 19.9. The van der Waals surface area contributed by atoms with Crippen LogP contribution < -0.4 is 0 Å². The Bertz CT molecular complexity index is 486. The van der Waals surface area contributed by atoms with Crippen molar-refractivity contribution in [2.45, 2.75) is 71.7 Å². The van der Waals surface area contributed by atoms with Crippen molar-refractivity contribution in [2.24, 2.45) is 5.92 Å². The molecule has 0 aromatic heterocycles. The largest absolute Gasteiger partial charge is 0.410 e. The maximum Gasteiger partial charge on any atom is 0.337 e. The molecule has 25 heavy (non-hydrogen) atoms. The third-order valence-electron chi connectivity index (χ3n) is 4.57. The van der Waals surface area contributed by atoms with Gasteiger partial charge in [0, 0.05) is 20.6 Å². The van der Waals surface area contributed by atoms with Crippen LogP contribution in [0.1, 0.15) is 47.5 Å². The van der Waals surface area contributed by atoms with Gasteiger partial charge in [-0.15, -0.1) is 0 Å². The third kappa shape index (κ3) is 9.29. The van der Waals surface area contributed by atoms with Crippen LogP contribution in [0, 0.1) is 5.92 Å². The normalized spacial score (nSPS) is 15.1. The molecule has 1 atom stereocenters. The summed E-state index contributed by atoms with van der Waals surface area (Å²) in [4.78, 5) is 12.4. The van der Waals surface area contributed by atoms with Gasteiger partial charge in [-0.2, -0.15) is 0 Å². The van der Waals surface area contributed by atoms with Gasteiger partial charge in [0.15, 0.2) is 8.32 Å². The topological polar surface area (TPSA) is 61.8 Å². The van der Waals surface area contributed by atoms with Crippen LogP contribution in [0.4, 0.5) is 0 Å². The van der Waals surface area contributed by atoms with Crippen LogP contribution in [0.2, 0.25) is 18.1 Å². The second kappa shape index (κ2) is 10.2. The van der Waals surface area contributed by atoms with Crippen molar-refractivity contribution < 1.29 is 22.8 Å². The van der Waals surface area contributed by atoms with E-state index in [4.69, 9.17) is 13.5 Å². The van der Waals surface area contributed by atoms with E-state index in [9.17, 15) is 9.36 Å². The van der Waals surface area contributed by atoms with E-state index < -0.39 is 15.9 Å². The molecule has 0 rings (SSSR count). The lowest BCUT2D eigenvalue weighted by Gasteiger charge is -2.38. The first-order valence-corrected chi connectivity index (χ1v) is 13.5. The molecule has 148 valence electrons. The molecule has 0 aromatic rings. The Morgan fingerprint density at radius 1 is 1.16 bits per heavy atom. The van der Waals surface area contributed by atoms with Gasteiger partial charge in [0.05, 0.1) is 6.10 Å². The van der Waals surface area contributed by atoms with Gasteiger partial charge in [-0.05, 0) is 30.5 Å². The van der Waals surface area contributed by atoms with Gasteiger partial charge in [0.25, 0.3) is 0 Å². The summed E-state index contributed by atoms with van der Waals surface area (Å²) in [5.41, 5.74) is 0. The molecule has 0 N–H and O–H groups in total. The maximum absolute atomic E-state index is 12.4. The average Bonchev–Trinajstić information content (AvgIpc) is 2.44. The molecule has 0 saturated carbocycles. The summed E-state index contributed by atoms with van der Waals surface area (Å²) in [5, 5.41) is 0.0501. The van der Waals surface area contributed by atoms with Crippen molar-refractivity contribution in [3.8, 4) is 0 Å². The fraction of sp³-hybridized carbons (Fsp3) is 0.833. The summed E-state index contributed by atoms with van der Waals surface area (Å²) in [7, 11) is -2.77. The summed E-state index contributed by atoms with van der Waals surface area (Å²) in [6.07, 6.45) is 4.62. The second-order valence-electron chi connectivity index (χ2n) is 8.35. The van der Waals surface area contributed by atoms with E-state index in [0.29, 0.717) is 5.92 Å². The van der Waals surface area contributed by atoms with Gasteiger partial charge in [0.2, 0.25) is 0 Å². The summed E-state index contributed by atoms with van der Waals surface area (Å²) in [5.74, 6) is 0.368. The molecule has 5 nitrogen and oxygen atoms in total. The zero-order valence-corrected chi connectivity index (χ0v) is 19.3. The van der Waals surface area contributed by atoms with Crippen LogP contribution in [0.15, 0.2) is 12.2 Å². The summed E-state index contributed by atoms with van der Waals surface area (Å²) in [6, 6.07) is 0. The first kappa shape index (κ1) is 24.7. The van der Waals surface area contributed by atoms with Crippen LogP contribution in [0.5, 0.6) is 0 Å². The van der Waals surface area contributed by atoms with Crippen LogP contribution in [0.25, 0.3) is 0 Å². The number of Topliss-reactive ketones (excluding diaryl/α,β-unsaturated/α-hetero) is 1. The zero-order valence-electron chi connectivity index (χ0n) is 17.4. The van der Waals surface area contributed by atoms with Crippen LogP contribution in [0.3, 0.4) is 0 Å². The smallest absolute Gasteiger partial charge is 0.337 e. The molecule has 0 aromatic carbocycles. The van der Waals surface area contributed by atoms with Crippen molar-refractivity contribution in [2.75, 3.05) is 20.4 Å². The Hall–Kier alpha value is -0.263. The maximum atomic E-state index is 12.4. The van der Waals surface area contributed by atoms with E-state index in [0.717, 1.165) is 6.42 Å². The molecule has 0 fully saturated rings. The molecular weight excluding hydrogens is 355 g/mol. The van der Waals surface area contributed by atoms with Gasteiger partial charge in [-0.1, -0.05) is 46.8 Å². The highest BCUT2D eigenvalue weighted by Gasteiger charge is 2.39. The van der Waals surface area contributed by atoms with Gasteiger partial charge in [-0.25, -0.2) is 0 Å². The Kier molecular flexibility index (Phi) is 10.1. The van der Waals surface area contributed by atoms with Crippen molar-refractivity contribution in [3.05, 3.63) is 12.2 Å². The lowest BCUT2D eigenvalue weighted by molar-refractivity contribution is -0.118. The van der Waals surface area contributed by atoms with Crippen molar-refractivity contribution in [1.29, 1.82) is 0 Å². The van der Waals surface area contributed by atoms with Gasteiger partial charge >= 0.3 is 7.60 Å². The van der Waals surface area contributed by atoms with E-state index in [1.165, 1.54) is 14.2 Å². The number of allylic oxidation sites excluding steroid dienone is 1. The van der Waals surface area contributed by atoms with Crippen LogP contribution >= 0.6 is 7.60 Å². The highest BCUT2D eigenvalue weighted by atomic mass is 31.2. The van der Waals surface area contributed by atoms with E-state index in [1.807, 2.05) is 6.08 Å². The minimum absolute atomic E-state index is 0.0501. The number of rotatable bonds is 11. The monoisotopic (exact) mass is 392 g/mol. The molecule has 0 unspecified atom stereocenters. The fourth-order valence-corrected chi connectivity index (χ4v) is 4.16. The van der Waals surface area contributed by atoms with E-state index in [-0.39, 0.29) is 29.5 Å². The molecule has 0 bridgehead atoms.